The van der Waals surface area contributed by atoms with Crippen molar-refractivity contribution in [2.45, 2.75) is 18.3 Å². The number of nitrogens with two attached hydrogens (primary N) is 1. The van der Waals surface area contributed by atoms with Gasteiger partial charge in [0.2, 0.25) is 0 Å². The Balaban J connectivity index is 0.00000324. The molecule has 0 spiro atoms. The number of thiazole rings is 1. The molecule has 4 N–H and O–H groups in total. The Bertz CT molecular complexity index is 1260. The van der Waals surface area contributed by atoms with Crippen LogP contribution in [0, 0.1) is 6.92 Å². The number of nitrogens with zero attached hydrogens (tertiary/aromatic N) is 4. The minimum atomic E-state index is -1.53. The summed E-state index contributed by atoms with van der Waals surface area (Å²) >= 11 is 8.08. The molecule has 1 fully saturated rings. The Morgan fingerprint density at radius 2 is 2.21 bits per heavy atom. The Morgan fingerprint density at radius 3 is 2.76 bits per heavy atom. The van der Waals surface area contributed by atoms with Crippen LogP contribution < -0.4 is 45.7 Å². The number of rotatable bonds is 6. The zero-order chi connectivity index (χ0) is 23.9. The molecule has 2 aliphatic heterocycles. The van der Waals surface area contributed by atoms with Crippen molar-refractivity contribution in [1.82, 2.24) is 20.4 Å². The topological polar surface area (TPSA) is 187 Å². The van der Waals surface area contributed by atoms with E-state index in [1.807, 2.05) is 0 Å². The number of anilines is 1. The first-order valence-electron chi connectivity index (χ1n) is 9.17. The monoisotopic (exact) mass is 532 g/mol. The van der Waals surface area contributed by atoms with Gasteiger partial charge >= 0.3 is 29.6 Å². The average Bonchev–Trinajstić information content (AvgIpc) is 3.34. The van der Waals surface area contributed by atoms with E-state index in [1.54, 1.807) is 13.0 Å². The quantitative estimate of drug-likeness (QED) is 0.113. The number of carbonyl (C=O) groups is 3. The first-order chi connectivity index (χ1) is 15.7. The van der Waals surface area contributed by atoms with Gasteiger partial charge in [-0.25, -0.2) is 4.98 Å². The van der Waals surface area contributed by atoms with Crippen LogP contribution in [0.25, 0.3) is 6.08 Å². The third-order valence-electron chi connectivity index (χ3n) is 4.71. The van der Waals surface area contributed by atoms with Gasteiger partial charge in [0.15, 0.2) is 16.6 Å². The Labute approximate surface area is 227 Å². The number of halogens is 1. The van der Waals surface area contributed by atoms with Gasteiger partial charge in [0, 0.05) is 11.8 Å². The molecule has 172 valence electrons. The number of thioether (sulfide) groups is 1. The third-order valence-corrected chi connectivity index (χ3v) is 7.10. The summed E-state index contributed by atoms with van der Waals surface area (Å²) in [7, 11) is 0. The second kappa shape index (κ2) is 10.5. The number of fused-ring (bicyclic) bond motifs is 1. The van der Waals surface area contributed by atoms with Crippen molar-refractivity contribution in [3.8, 4) is 0 Å². The molecule has 0 radical (unpaired) electrons. The molecule has 0 aromatic carbocycles. The Kier molecular flexibility index (Phi) is 8.10. The van der Waals surface area contributed by atoms with Crippen LogP contribution in [0.4, 0.5) is 5.13 Å². The van der Waals surface area contributed by atoms with Gasteiger partial charge < -0.3 is 30.7 Å². The van der Waals surface area contributed by atoms with Crippen molar-refractivity contribution in [1.29, 1.82) is 0 Å². The number of β-lactam (4-membered cyclic amide) rings is 1. The molecule has 2 amide bonds. The summed E-state index contributed by atoms with van der Waals surface area (Å²) in [5.74, 6) is -2.48. The molecule has 4 heterocycles. The number of carboxylic acid groups (broad SMARTS) is 1. The van der Waals surface area contributed by atoms with Crippen LogP contribution >= 0.6 is 34.7 Å². The summed E-state index contributed by atoms with van der Waals surface area (Å²) in [5, 5.41) is 29.5. The summed E-state index contributed by atoms with van der Waals surface area (Å²) in [6.07, 6.45) is 3.05. The van der Waals surface area contributed by atoms with E-state index in [2.05, 4.69) is 20.6 Å². The number of carboxylic acids is 1. The van der Waals surface area contributed by atoms with E-state index >= 15 is 0 Å². The van der Waals surface area contributed by atoms with E-state index in [9.17, 15) is 24.7 Å². The molecule has 0 saturated carbocycles. The summed E-state index contributed by atoms with van der Waals surface area (Å²) in [5.41, 5.74) is 5.59. The standard InChI is InChI=1S/C18H15ClN6O6S2.Na/c1-6-4-8(31-24-6)3-2-7-5-32-16-11(15(27)25(16)12(7)17(28)29)21-14(26)10(23-30)9-13(19)33-18(20)22-9;/h2-4,11,16,30H,5H2,1H3,(H2,20,22)(H,21,26)(H,28,29);/q;+1/p-1/b3-2-,23-10-;/t11-,16-;/m1./s1. The van der Waals surface area contributed by atoms with Crippen LogP contribution in [0.1, 0.15) is 17.1 Å². The number of nitrogen functional groups attached to an aromatic ring is 1. The van der Waals surface area contributed by atoms with Gasteiger partial charge in [-0.2, -0.15) is 0 Å². The molecule has 12 nitrogen and oxygen atoms in total. The number of aryl methyl sites for hydroxylation is 1. The van der Waals surface area contributed by atoms with Gasteiger partial charge in [0.05, 0.1) is 17.4 Å². The van der Waals surface area contributed by atoms with E-state index in [1.165, 1.54) is 23.9 Å². The predicted molar refractivity (Wildman–Crippen MR) is 117 cm³/mol. The maximum atomic E-state index is 12.7. The van der Waals surface area contributed by atoms with Gasteiger partial charge in [0.25, 0.3) is 11.8 Å². The van der Waals surface area contributed by atoms with Gasteiger partial charge in [0.1, 0.15) is 21.4 Å². The number of nitrogens with one attached hydrogen (secondary N) is 1. The second-order valence-electron chi connectivity index (χ2n) is 6.85. The van der Waals surface area contributed by atoms with Gasteiger partial charge in [-0.05, 0) is 18.6 Å². The van der Waals surface area contributed by atoms with Crippen molar-refractivity contribution in [2.75, 3.05) is 11.5 Å². The molecular formula is C18H14ClN6NaO6S2. The molecule has 0 unspecified atom stereocenters. The van der Waals surface area contributed by atoms with E-state index in [0.29, 0.717) is 17.0 Å². The second-order valence-corrected chi connectivity index (χ2v) is 9.59. The molecule has 34 heavy (non-hydrogen) atoms. The van der Waals surface area contributed by atoms with Crippen LogP contribution in [0.15, 0.2) is 33.1 Å². The van der Waals surface area contributed by atoms with E-state index in [4.69, 9.17) is 21.9 Å². The third kappa shape index (κ3) is 4.87. The number of aromatic nitrogens is 2. The molecule has 1 saturated heterocycles. The Hall–Kier alpha value is -2.36. The van der Waals surface area contributed by atoms with E-state index in [-0.39, 0.29) is 56.2 Å². The summed E-state index contributed by atoms with van der Waals surface area (Å²) in [4.78, 5) is 42.1. The largest absolute Gasteiger partial charge is 1.00 e. The fourth-order valence-corrected chi connectivity index (χ4v) is 5.52. The normalized spacial score (nSPS) is 20.1. The maximum Gasteiger partial charge on any atom is 1.00 e. The molecule has 16 heteroatoms. The van der Waals surface area contributed by atoms with E-state index < -0.39 is 34.9 Å². The Morgan fingerprint density at radius 1 is 1.47 bits per heavy atom. The van der Waals surface area contributed by atoms with Crippen molar-refractivity contribution in [2.24, 2.45) is 5.16 Å². The molecule has 2 aliphatic rings. The number of aliphatic carboxylic acids is 1. The first-order valence-corrected chi connectivity index (χ1v) is 11.4. The van der Waals surface area contributed by atoms with Crippen LogP contribution in [-0.4, -0.2) is 60.9 Å². The number of allylic oxidation sites excluding steroid dienone is 1. The molecule has 0 bridgehead atoms. The van der Waals surface area contributed by atoms with Gasteiger partial charge in [-0.3, -0.25) is 14.5 Å². The molecule has 2 aromatic rings. The minimum absolute atomic E-state index is 0. The van der Waals surface area contributed by atoms with Crippen molar-refractivity contribution in [3.63, 3.8) is 0 Å². The number of hydrogen-bond donors (Lipinski definition) is 3. The van der Waals surface area contributed by atoms with Crippen LogP contribution in [0.5, 0.6) is 0 Å². The number of oxime groups is 1. The van der Waals surface area contributed by atoms with Gasteiger partial charge in [-0.1, -0.05) is 39.3 Å². The van der Waals surface area contributed by atoms with Crippen LogP contribution in [0.2, 0.25) is 4.34 Å². The molecular weight excluding hydrogens is 519 g/mol. The predicted octanol–water partition coefficient (Wildman–Crippen LogP) is -3.03. The molecule has 4 rings (SSSR count). The summed E-state index contributed by atoms with van der Waals surface area (Å²) in [6.45, 7) is 1.74. The number of amides is 2. The molecule has 2 atom stereocenters. The molecule has 2 aromatic heterocycles. The van der Waals surface area contributed by atoms with Crippen LogP contribution in [0.3, 0.4) is 0 Å². The average molecular weight is 533 g/mol. The van der Waals surface area contributed by atoms with Crippen molar-refractivity contribution in [3.05, 3.63) is 44.9 Å². The fourth-order valence-electron chi connectivity index (χ4n) is 3.28. The summed E-state index contributed by atoms with van der Waals surface area (Å²) < 4.78 is 5.10. The SMILES string of the molecule is Cc1cc(/C=C\C2=C(C(=O)[O-])N3C(=O)[C@@H](NC(=O)/C(=N\O)c4nc(N)sc4Cl)[C@H]3SC2)on1.[Na+]. The van der Waals surface area contributed by atoms with Crippen molar-refractivity contribution < 1.29 is 58.8 Å². The minimum Gasteiger partial charge on any atom is -0.543 e. The number of carbonyl (C=O) groups excluding carboxylic acids is 3. The smallest absolute Gasteiger partial charge is 0.543 e. The summed E-state index contributed by atoms with van der Waals surface area (Å²) in [6, 6.07) is 0.600. The zero-order valence-corrected chi connectivity index (χ0v) is 22.0. The van der Waals surface area contributed by atoms with Gasteiger partial charge in [-0.15, -0.1) is 11.8 Å². The maximum absolute atomic E-state index is 12.7. The number of hydrogen-bond acceptors (Lipinski definition) is 12. The fraction of sp³-hybridized carbons (Fsp3) is 0.222. The first kappa shape index (κ1) is 26.2. The van der Waals surface area contributed by atoms with E-state index in [0.717, 1.165) is 16.2 Å². The zero-order valence-electron chi connectivity index (χ0n) is 17.6. The van der Waals surface area contributed by atoms with Crippen molar-refractivity contribution >= 4 is 69.4 Å². The van der Waals surface area contributed by atoms with Crippen LogP contribution in [-0.2, 0) is 14.4 Å². The molecule has 0 aliphatic carbocycles.